The summed E-state index contributed by atoms with van der Waals surface area (Å²) in [4.78, 5) is 42.9. The van der Waals surface area contributed by atoms with E-state index in [1.165, 1.54) is 11.2 Å². The van der Waals surface area contributed by atoms with Gasteiger partial charge >= 0.3 is 12.0 Å². The van der Waals surface area contributed by atoms with Gasteiger partial charge in [0.05, 0.1) is 18.7 Å². The first-order valence-electron chi connectivity index (χ1n) is 12.2. The second kappa shape index (κ2) is 16.3. The molecule has 0 saturated carbocycles. The van der Waals surface area contributed by atoms with Crippen LogP contribution >= 0.6 is 0 Å². The van der Waals surface area contributed by atoms with Gasteiger partial charge in [0.1, 0.15) is 6.26 Å². The quantitative estimate of drug-likeness (QED) is 0.262. The maximum Gasteiger partial charge on any atom is 0.338 e. The molecule has 11 heteroatoms. The molecule has 1 aromatic heterocycles. The van der Waals surface area contributed by atoms with Gasteiger partial charge in [-0.05, 0) is 57.9 Å². The molecule has 0 spiro atoms. The molecule has 1 heterocycles. The largest absolute Gasteiger partial charge is 0.462 e. The molecular weight excluding hydrogens is 468 g/mol. The van der Waals surface area contributed by atoms with Crippen LogP contribution in [0, 0.1) is 0 Å². The number of hydrogen-bond donors (Lipinski definition) is 2. The van der Waals surface area contributed by atoms with Crippen LogP contribution in [-0.4, -0.2) is 73.9 Å². The zero-order valence-corrected chi connectivity index (χ0v) is 21.2. The third-order valence-corrected chi connectivity index (χ3v) is 4.92. The molecule has 2 aromatic rings. The summed E-state index contributed by atoms with van der Waals surface area (Å²) in [5.74, 6) is -0.542. The number of urea groups is 1. The molecule has 0 aliphatic rings. The molecule has 0 saturated heterocycles. The molecule has 198 valence electrons. The first-order chi connectivity index (χ1) is 17.5. The van der Waals surface area contributed by atoms with Crippen LogP contribution in [0.1, 0.15) is 60.4 Å². The smallest absolute Gasteiger partial charge is 0.338 e. The summed E-state index contributed by atoms with van der Waals surface area (Å²) >= 11 is 0. The Balaban J connectivity index is 1.98. The second-order valence-electron chi connectivity index (χ2n) is 7.63. The van der Waals surface area contributed by atoms with Crippen molar-refractivity contribution >= 4 is 23.6 Å². The number of nitrogens with zero attached hydrogens (tertiary/aromatic N) is 2. The third-order valence-electron chi connectivity index (χ3n) is 4.92. The zero-order chi connectivity index (χ0) is 26.2. The van der Waals surface area contributed by atoms with Gasteiger partial charge in [-0.3, -0.25) is 4.79 Å². The molecule has 0 aliphatic carbocycles. The number of benzene rings is 1. The van der Waals surface area contributed by atoms with Crippen LogP contribution in [0.25, 0.3) is 0 Å². The van der Waals surface area contributed by atoms with Crippen molar-refractivity contribution in [1.29, 1.82) is 0 Å². The lowest BCUT2D eigenvalue weighted by molar-refractivity contribution is 0.0526. The summed E-state index contributed by atoms with van der Waals surface area (Å²) in [7, 11) is 0. The maximum atomic E-state index is 13.0. The number of oxazole rings is 1. The van der Waals surface area contributed by atoms with Crippen molar-refractivity contribution in [2.24, 2.45) is 0 Å². The molecule has 0 aliphatic heterocycles. The van der Waals surface area contributed by atoms with E-state index in [1.54, 1.807) is 31.2 Å². The van der Waals surface area contributed by atoms with E-state index in [2.05, 4.69) is 15.6 Å². The van der Waals surface area contributed by atoms with Gasteiger partial charge in [-0.25, -0.2) is 14.6 Å². The van der Waals surface area contributed by atoms with E-state index in [0.717, 1.165) is 0 Å². The van der Waals surface area contributed by atoms with Crippen molar-refractivity contribution in [2.75, 3.05) is 51.4 Å². The molecule has 11 nitrogen and oxygen atoms in total. The molecule has 3 amide bonds. The van der Waals surface area contributed by atoms with Gasteiger partial charge in [-0.1, -0.05) is 0 Å². The van der Waals surface area contributed by atoms with Gasteiger partial charge in [-0.2, -0.15) is 0 Å². The zero-order valence-electron chi connectivity index (χ0n) is 21.2. The van der Waals surface area contributed by atoms with Crippen molar-refractivity contribution in [3.8, 4) is 0 Å². The van der Waals surface area contributed by atoms with Gasteiger partial charge in [0, 0.05) is 45.2 Å². The molecule has 0 radical (unpaired) electrons. The molecule has 36 heavy (non-hydrogen) atoms. The maximum absolute atomic E-state index is 13.0. The number of aromatic nitrogens is 1. The van der Waals surface area contributed by atoms with Crippen molar-refractivity contribution in [1.82, 2.24) is 15.2 Å². The Morgan fingerprint density at radius 2 is 1.67 bits per heavy atom. The SMILES string of the molecule is CCOCCCNC(=O)c1coc(CN(CCCOCC)C(=O)Nc2ccc(C(=O)OCC)cc2)n1. The van der Waals surface area contributed by atoms with Crippen LogP contribution in [0.3, 0.4) is 0 Å². The van der Waals surface area contributed by atoms with Crippen molar-refractivity contribution in [3.05, 3.63) is 47.7 Å². The number of nitrogens with one attached hydrogen (secondary N) is 2. The number of rotatable bonds is 16. The lowest BCUT2D eigenvalue weighted by Gasteiger charge is -2.21. The normalized spacial score (nSPS) is 10.6. The van der Waals surface area contributed by atoms with Crippen LogP contribution in [0.4, 0.5) is 10.5 Å². The van der Waals surface area contributed by atoms with Crippen molar-refractivity contribution in [3.63, 3.8) is 0 Å². The number of hydrogen-bond acceptors (Lipinski definition) is 8. The molecule has 1 aromatic carbocycles. The summed E-state index contributed by atoms with van der Waals surface area (Å²) in [5, 5.41) is 5.57. The molecule has 0 atom stereocenters. The van der Waals surface area contributed by atoms with E-state index < -0.39 is 5.97 Å². The number of ether oxygens (including phenoxy) is 3. The summed E-state index contributed by atoms with van der Waals surface area (Å²) in [6.45, 7) is 9.03. The number of carbonyl (C=O) groups is 3. The predicted octanol–water partition coefficient (Wildman–Crippen LogP) is 3.47. The average molecular weight is 505 g/mol. The molecule has 0 fully saturated rings. The highest BCUT2D eigenvalue weighted by atomic mass is 16.5. The van der Waals surface area contributed by atoms with Gasteiger partial charge in [-0.15, -0.1) is 0 Å². The molecule has 2 rings (SSSR count). The van der Waals surface area contributed by atoms with Crippen LogP contribution in [0.2, 0.25) is 0 Å². The standard InChI is InChI=1S/C25H36N4O7/c1-4-33-15-7-13-26-23(30)21-18-36-22(28-21)17-29(14-8-16-34-5-2)25(32)27-20-11-9-19(10-12-20)24(31)35-6-3/h9-12,18H,4-8,13-17H2,1-3H3,(H,26,30)(H,27,32). The van der Waals surface area contributed by atoms with Crippen molar-refractivity contribution in [2.45, 2.75) is 40.2 Å². The van der Waals surface area contributed by atoms with Gasteiger partial charge in [0.15, 0.2) is 5.69 Å². The third kappa shape index (κ3) is 10.0. The first kappa shape index (κ1) is 28.8. The summed E-state index contributed by atoms with van der Waals surface area (Å²) < 4.78 is 21.1. The minimum absolute atomic E-state index is 0.0660. The van der Waals surface area contributed by atoms with Crippen LogP contribution < -0.4 is 10.6 Å². The molecule has 2 N–H and O–H groups in total. The Kier molecular flexibility index (Phi) is 13.0. The highest BCUT2D eigenvalue weighted by molar-refractivity contribution is 5.93. The van der Waals surface area contributed by atoms with E-state index >= 15 is 0 Å². The fourth-order valence-electron chi connectivity index (χ4n) is 3.12. The number of esters is 1. The summed E-state index contributed by atoms with van der Waals surface area (Å²) in [6.07, 6.45) is 2.58. The average Bonchev–Trinajstić information content (AvgIpc) is 3.35. The van der Waals surface area contributed by atoms with Crippen LogP contribution in [0.5, 0.6) is 0 Å². The van der Waals surface area contributed by atoms with E-state index in [0.29, 0.717) is 63.6 Å². The van der Waals surface area contributed by atoms with Crippen LogP contribution in [0.15, 0.2) is 34.9 Å². The Morgan fingerprint density at radius 1 is 0.972 bits per heavy atom. The number of anilines is 1. The number of carbonyl (C=O) groups excluding carboxylic acids is 3. The van der Waals surface area contributed by atoms with E-state index in [9.17, 15) is 14.4 Å². The van der Waals surface area contributed by atoms with Gasteiger partial charge in [0.2, 0.25) is 5.89 Å². The minimum atomic E-state index is -0.425. The molecule has 0 unspecified atom stereocenters. The first-order valence-corrected chi connectivity index (χ1v) is 12.2. The topological polar surface area (TPSA) is 132 Å². The Hall–Kier alpha value is -3.44. The van der Waals surface area contributed by atoms with Crippen LogP contribution in [-0.2, 0) is 20.8 Å². The fourth-order valence-corrected chi connectivity index (χ4v) is 3.12. The molecule has 0 bridgehead atoms. The van der Waals surface area contributed by atoms with E-state index in [-0.39, 0.29) is 36.7 Å². The van der Waals surface area contributed by atoms with E-state index in [4.69, 9.17) is 18.6 Å². The summed E-state index contributed by atoms with van der Waals surface area (Å²) in [5.41, 5.74) is 1.06. The van der Waals surface area contributed by atoms with Gasteiger partial charge in [0.25, 0.3) is 5.91 Å². The minimum Gasteiger partial charge on any atom is -0.462 e. The number of amides is 3. The van der Waals surface area contributed by atoms with Crippen molar-refractivity contribution < 1.29 is 33.0 Å². The highest BCUT2D eigenvalue weighted by Crippen LogP contribution is 2.13. The fraction of sp³-hybridized carbons (Fsp3) is 0.520. The molecular formula is C25H36N4O7. The lowest BCUT2D eigenvalue weighted by atomic mass is 10.2. The lowest BCUT2D eigenvalue weighted by Crippen LogP contribution is -2.36. The Labute approximate surface area is 211 Å². The second-order valence-corrected chi connectivity index (χ2v) is 7.63. The Bertz CT molecular complexity index is 946. The summed E-state index contributed by atoms with van der Waals surface area (Å²) in [6, 6.07) is 6.04. The predicted molar refractivity (Wildman–Crippen MR) is 133 cm³/mol. The van der Waals surface area contributed by atoms with Gasteiger partial charge < -0.3 is 34.2 Å². The Morgan fingerprint density at radius 3 is 2.33 bits per heavy atom. The highest BCUT2D eigenvalue weighted by Gasteiger charge is 2.19. The monoisotopic (exact) mass is 504 g/mol. The van der Waals surface area contributed by atoms with E-state index in [1.807, 2.05) is 13.8 Å².